The minimum Gasteiger partial charge on any atom is -0.497 e. The number of hydrogen-bond donors (Lipinski definition) is 3. The Morgan fingerprint density at radius 1 is 1.08 bits per heavy atom. The van der Waals surface area contributed by atoms with Gasteiger partial charge in [-0.3, -0.25) is 9.89 Å². The predicted octanol–water partition coefficient (Wildman–Crippen LogP) is 3.35. The van der Waals surface area contributed by atoms with Crippen LogP contribution in [0.15, 0.2) is 53.6 Å². The third-order valence-corrected chi connectivity index (χ3v) is 9.05. The number of pyridine rings is 1. The van der Waals surface area contributed by atoms with Crippen molar-refractivity contribution in [1.82, 2.24) is 19.5 Å². The van der Waals surface area contributed by atoms with Gasteiger partial charge in [-0.15, -0.1) is 0 Å². The summed E-state index contributed by atoms with van der Waals surface area (Å²) in [6, 6.07) is 14.7. The van der Waals surface area contributed by atoms with E-state index in [1.807, 2.05) is 36.4 Å². The fraction of sp³-hybridized carbons (Fsp3) is 0.269. The van der Waals surface area contributed by atoms with Crippen LogP contribution in [0.1, 0.15) is 23.5 Å². The Morgan fingerprint density at radius 3 is 2.63 bits per heavy atom. The summed E-state index contributed by atoms with van der Waals surface area (Å²) in [5.41, 5.74) is 3.52. The molecular formula is C26H26N6O5S. The maximum atomic E-state index is 13.0. The molecule has 2 aromatic heterocycles. The van der Waals surface area contributed by atoms with Gasteiger partial charge in [-0.2, -0.15) is 10.1 Å². The second kappa shape index (κ2) is 8.43. The molecule has 3 heterocycles. The van der Waals surface area contributed by atoms with Gasteiger partial charge in [0.1, 0.15) is 11.4 Å². The normalized spacial score (nSPS) is 20.0. The van der Waals surface area contributed by atoms with E-state index < -0.39 is 15.4 Å². The van der Waals surface area contributed by atoms with Crippen LogP contribution in [0.25, 0.3) is 10.9 Å². The number of aromatic nitrogens is 3. The standard InChI is InChI=1S/C26H26N6O5S/c1-32(2)38(34,35)22-10-9-20(24(29-22)37-4)27-23-16-7-5-14(11-21(16)30-31-23)18-13-26(18)17-12-15(36-3)6-8-19(17)28-25(26)33/h5-12,18H,13H2,1-4H3,(H,28,33)(H2,27,30,31)/t18-,26-/m0/s1. The van der Waals surface area contributed by atoms with Crippen LogP contribution >= 0.6 is 0 Å². The van der Waals surface area contributed by atoms with E-state index in [9.17, 15) is 13.2 Å². The summed E-state index contributed by atoms with van der Waals surface area (Å²) in [5, 5.41) is 14.4. The van der Waals surface area contributed by atoms with Crippen LogP contribution in [0.3, 0.4) is 0 Å². The van der Waals surface area contributed by atoms with Crippen molar-refractivity contribution in [3.05, 3.63) is 59.7 Å². The van der Waals surface area contributed by atoms with Crippen LogP contribution in [0.5, 0.6) is 11.6 Å². The number of amides is 1. The molecule has 6 rings (SSSR count). The van der Waals surface area contributed by atoms with Gasteiger partial charge in [0.25, 0.3) is 10.0 Å². The van der Waals surface area contributed by atoms with Gasteiger partial charge in [-0.1, -0.05) is 6.07 Å². The lowest BCUT2D eigenvalue weighted by Crippen LogP contribution is -2.23. The molecule has 2 aliphatic rings. The molecule has 38 heavy (non-hydrogen) atoms. The van der Waals surface area contributed by atoms with Crippen molar-refractivity contribution < 1.29 is 22.7 Å². The van der Waals surface area contributed by atoms with E-state index >= 15 is 0 Å². The average Bonchev–Trinajstić information content (AvgIpc) is 3.46. The topological polar surface area (TPSA) is 139 Å². The Bertz CT molecular complexity index is 1720. The molecule has 1 amide bonds. The Balaban J connectivity index is 1.29. The number of carbonyl (C=O) groups excluding carboxylic acids is 1. The third kappa shape index (κ3) is 3.51. The Hall–Kier alpha value is -4.16. The molecule has 3 N–H and O–H groups in total. The smallest absolute Gasteiger partial charge is 0.260 e. The molecule has 11 nitrogen and oxygen atoms in total. The molecule has 0 unspecified atom stereocenters. The summed E-state index contributed by atoms with van der Waals surface area (Å²) in [4.78, 5) is 17.2. The molecule has 1 aliphatic heterocycles. The number of sulfonamides is 1. The van der Waals surface area contributed by atoms with Crippen LogP contribution in [0.4, 0.5) is 17.2 Å². The molecule has 1 fully saturated rings. The van der Waals surface area contributed by atoms with E-state index in [4.69, 9.17) is 9.47 Å². The second-order valence-corrected chi connectivity index (χ2v) is 11.7. The van der Waals surface area contributed by atoms with E-state index in [0.717, 1.165) is 44.2 Å². The first kappa shape index (κ1) is 24.2. The zero-order valence-corrected chi connectivity index (χ0v) is 22.0. The number of methoxy groups -OCH3 is 2. The van der Waals surface area contributed by atoms with Crippen molar-refractivity contribution in [3.63, 3.8) is 0 Å². The van der Waals surface area contributed by atoms with E-state index in [2.05, 4.69) is 25.8 Å². The van der Waals surface area contributed by atoms with Crippen molar-refractivity contribution in [2.75, 3.05) is 38.9 Å². The van der Waals surface area contributed by atoms with Gasteiger partial charge in [0, 0.05) is 31.1 Å². The van der Waals surface area contributed by atoms with Crippen molar-refractivity contribution in [2.45, 2.75) is 22.8 Å². The number of fused-ring (bicyclic) bond motifs is 3. The fourth-order valence-corrected chi connectivity index (χ4v) is 5.99. The summed E-state index contributed by atoms with van der Waals surface area (Å²) in [6.07, 6.45) is 0.717. The highest BCUT2D eigenvalue weighted by atomic mass is 32.2. The Morgan fingerprint density at radius 2 is 1.89 bits per heavy atom. The number of nitrogens with one attached hydrogen (secondary N) is 3. The van der Waals surface area contributed by atoms with Crippen molar-refractivity contribution >= 4 is 44.0 Å². The molecule has 12 heteroatoms. The number of H-pyrrole nitrogens is 1. The predicted molar refractivity (Wildman–Crippen MR) is 142 cm³/mol. The van der Waals surface area contributed by atoms with Gasteiger partial charge in [0.15, 0.2) is 10.8 Å². The Labute approximate surface area is 219 Å². The summed E-state index contributed by atoms with van der Waals surface area (Å²) >= 11 is 0. The molecule has 2 atom stereocenters. The van der Waals surface area contributed by atoms with E-state index in [0.29, 0.717) is 11.5 Å². The largest absolute Gasteiger partial charge is 0.497 e. The van der Waals surface area contributed by atoms with Crippen LogP contribution in [-0.2, 0) is 20.2 Å². The van der Waals surface area contributed by atoms with Gasteiger partial charge < -0.3 is 20.1 Å². The van der Waals surface area contributed by atoms with Gasteiger partial charge in [-0.05, 0) is 60.0 Å². The first-order chi connectivity index (χ1) is 18.2. The molecule has 4 aromatic rings. The molecule has 1 aliphatic carbocycles. The van der Waals surface area contributed by atoms with Crippen LogP contribution in [-0.4, -0.2) is 62.1 Å². The van der Waals surface area contributed by atoms with Gasteiger partial charge in [0.2, 0.25) is 11.8 Å². The second-order valence-electron chi connectivity index (χ2n) is 9.59. The number of rotatable bonds is 7. The minimum absolute atomic E-state index is 0.0112. The molecule has 0 bridgehead atoms. The third-order valence-electron chi connectivity index (χ3n) is 7.34. The lowest BCUT2D eigenvalue weighted by Gasteiger charge is -2.13. The van der Waals surface area contributed by atoms with Gasteiger partial charge in [0.05, 0.1) is 25.2 Å². The first-order valence-corrected chi connectivity index (χ1v) is 13.4. The van der Waals surface area contributed by atoms with Crippen LogP contribution in [0, 0.1) is 0 Å². The van der Waals surface area contributed by atoms with Crippen LogP contribution in [0.2, 0.25) is 0 Å². The molecule has 1 saturated carbocycles. The molecule has 0 saturated heterocycles. The lowest BCUT2D eigenvalue weighted by atomic mass is 9.91. The van der Waals surface area contributed by atoms with Crippen LogP contribution < -0.4 is 20.1 Å². The van der Waals surface area contributed by atoms with E-state index in [-0.39, 0.29) is 22.7 Å². The Kier molecular flexibility index (Phi) is 5.37. The zero-order chi connectivity index (χ0) is 26.8. The highest BCUT2D eigenvalue weighted by molar-refractivity contribution is 7.89. The number of ether oxygens (including phenoxy) is 2. The van der Waals surface area contributed by atoms with E-state index in [1.54, 1.807) is 13.2 Å². The summed E-state index contributed by atoms with van der Waals surface area (Å²) in [5.74, 6) is 1.44. The number of aromatic amines is 1. The number of benzene rings is 2. The summed E-state index contributed by atoms with van der Waals surface area (Å²) in [7, 11) is 2.22. The maximum absolute atomic E-state index is 13.0. The van der Waals surface area contributed by atoms with Crippen molar-refractivity contribution in [3.8, 4) is 11.6 Å². The monoisotopic (exact) mass is 534 g/mol. The average molecular weight is 535 g/mol. The SMILES string of the molecule is COc1ccc2c(c1)[C@]1(C[C@H]1c1ccc3c(Nc4ccc(S(=O)(=O)N(C)C)nc4OC)n[nH]c3c1)C(=O)N2. The highest BCUT2D eigenvalue weighted by Crippen LogP contribution is 2.65. The highest BCUT2D eigenvalue weighted by Gasteiger charge is 2.65. The van der Waals surface area contributed by atoms with E-state index in [1.165, 1.54) is 27.3 Å². The molecule has 1 spiro atoms. The minimum atomic E-state index is -3.71. The lowest BCUT2D eigenvalue weighted by molar-refractivity contribution is -0.118. The number of nitrogens with zero attached hydrogens (tertiary/aromatic N) is 3. The summed E-state index contributed by atoms with van der Waals surface area (Å²) in [6.45, 7) is 0. The number of carbonyl (C=O) groups is 1. The van der Waals surface area contributed by atoms with Gasteiger partial charge in [-0.25, -0.2) is 12.7 Å². The first-order valence-electron chi connectivity index (χ1n) is 11.9. The maximum Gasteiger partial charge on any atom is 0.260 e. The molecular weight excluding hydrogens is 508 g/mol. The van der Waals surface area contributed by atoms with Gasteiger partial charge >= 0.3 is 0 Å². The molecule has 2 aromatic carbocycles. The summed E-state index contributed by atoms with van der Waals surface area (Å²) < 4.78 is 36.7. The number of hydrogen-bond acceptors (Lipinski definition) is 8. The van der Waals surface area contributed by atoms with Crippen molar-refractivity contribution in [2.24, 2.45) is 0 Å². The number of anilines is 3. The molecule has 0 radical (unpaired) electrons. The fourth-order valence-electron chi connectivity index (χ4n) is 5.18. The molecule has 196 valence electrons. The van der Waals surface area contributed by atoms with Crippen molar-refractivity contribution in [1.29, 1.82) is 0 Å². The zero-order valence-electron chi connectivity index (χ0n) is 21.2. The quantitative estimate of drug-likeness (QED) is 0.328.